The summed E-state index contributed by atoms with van der Waals surface area (Å²) >= 11 is 0. The Balaban J connectivity index is 1.97. The summed E-state index contributed by atoms with van der Waals surface area (Å²) in [5.74, 6) is 0.00249. The first-order valence-electron chi connectivity index (χ1n) is 7.00. The largest absolute Gasteiger partial charge is 0.398 e. The third-order valence-electron chi connectivity index (χ3n) is 3.95. The summed E-state index contributed by atoms with van der Waals surface area (Å²) in [4.78, 5) is 16.1. The quantitative estimate of drug-likeness (QED) is 0.637. The molecule has 1 unspecified atom stereocenters. The Labute approximate surface area is 120 Å². The molecule has 0 saturated carbocycles. The van der Waals surface area contributed by atoms with Crippen molar-refractivity contribution in [2.45, 2.75) is 13.0 Å². The second-order valence-electron chi connectivity index (χ2n) is 5.64. The normalized spacial score (nSPS) is 20.9. The molecular formula is C15H24N4O. The van der Waals surface area contributed by atoms with Crippen LogP contribution in [0.2, 0.25) is 0 Å². The van der Waals surface area contributed by atoms with E-state index in [9.17, 15) is 4.79 Å². The highest BCUT2D eigenvalue weighted by Crippen LogP contribution is 2.19. The van der Waals surface area contributed by atoms with Gasteiger partial charge in [-0.2, -0.15) is 0 Å². The van der Waals surface area contributed by atoms with E-state index < -0.39 is 0 Å². The monoisotopic (exact) mass is 276 g/mol. The van der Waals surface area contributed by atoms with Crippen molar-refractivity contribution in [3.63, 3.8) is 0 Å². The van der Waals surface area contributed by atoms with Crippen molar-refractivity contribution < 1.29 is 4.79 Å². The van der Waals surface area contributed by atoms with Crippen molar-refractivity contribution in [3.05, 3.63) is 23.8 Å². The minimum atomic E-state index is 0.00249. The number of Topliss-reactive ketones (excluding diaryl/α,β-unsaturated/α-hetero) is 1. The highest BCUT2D eigenvalue weighted by molar-refractivity contribution is 5.99. The molecule has 1 aliphatic rings. The van der Waals surface area contributed by atoms with Gasteiger partial charge in [-0.05, 0) is 39.2 Å². The van der Waals surface area contributed by atoms with Gasteiger partial charge in [0.25, 0.3) is 0 Å². The van der Waals surface area contributed by atoms with Gasteiger partial charge < -0.3 is 16.0 Å². The summed E-state index contributed by atoms with van der Waals surface area (Å²) in [5, 5.41) is 3.41. The SMILES string of the molecule is CC(=O)c1ccc(NCC2CN(C)CCN2C)cc1N. The number of ketones is 1. The second kappa shape index (κ2) is 6.24. The summed E-state index contributed by atoms with van der Waals surface area (Å²) in [6.07, 6.45) is 0. The van der Waals surface area contributed by atoms with Crippen LogP contribution >= 0.6 is 0 Å². The zero-order valence-corrected chi connectivity index (χ0v) is 12.5. The molecule has 5 heteroatoms. The van der Waals surface area contributed by atoms with Gasteiger partial charge >= 0.3 is 0 Å². The molecular weight excluding hydrogens is 252 g/mol. The zero-order valence-electron chi connectivity index (χ0n) is 12.5. The lowest BCUT2D eigenvalue weighted by Gasteiger charge is -2.37. The van der Waals surface area contributed by atoms with E-state index in [1.165, 1.54) is 6.92 Å². The molecule has 3 N–H and O–H groups in total. The predicted octanol–water partition coefficient (Wildman–Crippen LogP) is 1.13. The third kappa shape index (κ3) is 3.49. The van der Waals surface area contributed by atoms with Crippen LogP contribution in [-0.2, 0) is 0 Å². The molecule has 0 amide bonds. The Morgan fingerprint density at radius 1 is 1.40 bits per heavy atom. The topological polar surface area (TPSA) is 61.6 Å². The minimum Gasteiger partial charge on any atom is -0.398 e. The van der Waals surface area contributed by atoms with E-state index in [4.69, 9.17) is 5.73 Å². The molecule has 1 aromatic carbocycles. The standard InChI is InChI=1S/C15H24N4O/c1-11(20)14-5-4-12(8-15(14)16)17-9-13-10-18(2)6-7-19(13)3/h4-5,8,13,17H,6-7,9-10,16H2,1-3H3. The van der Waals surface area contributed by atoms with E-state index >= 15 is 0 Å². The van der Waals surface area contributed by atoms with Gasteiger partial charge in [0.2, 0.25) is 0 Å². The average molecular weight is 276 g/mol. The van der Waals surface area contributed by atoms with Crippen molar-refractivity contribution in [1.82, 2.24) is 9.80 Å². The number of carbonyl (C=O) groups is 1. The molecule has 2 rings (SSSR count). The number of nitrogen functional groups attached to an aromatic ring is 1. The molecule has 0 spiro atoms. The van der Waals surface area contributed by atoms with E-state index in [1.807, 2.05) is 12.1 Å². The van der Waals surface area contributed by atoms with Crippen LogP contribution in [0.3, 0.4) is 0 Å². The Hall–Kier alpha value is -1.59. The third-order valence-corrected chi connectivity index (χ3v) is 3.95. The summed E-state index contributed by atoms with van der Waals surface area (Å²) in [6, 6.07) is 6.03. The maximum absolute atomic E-state index is 11.3. The maximum Gasteiger partial charge on any atom is 0.161 e. The molecule has 20 heavy (non-hydrogen) atoms. The minimum absolute atomic E-state index is 0.00249. The van der Waals surface area contributed by atoms with Crippen molar-refractivity contribution in [2.24, 2.45) is 0 Å². The summed E-state index contributed by atoms with van der Waals surface area (Å²) < 4.78 is 0. The Morgan fingerprint density at radius 3 is 2.80 bits per heavy atom. The predicted molar refractivity (Wildman–Crippen MR) is 83.3 cm³/mol. The maximum atomic E-state index is 11.3. The average Bonchev–Trinajstić information content (AvgIpc) is 2.39. The zero-order chi connectivity index (χ0) is 14.7. The molecule has 0 radical (unpaired) electrons. The first-order chi connectivity index (χ1) is 9.47. The van der Waals surface area contributed by atoms with Crippen LogP contribution in [0.25, 0.3) is 0 Å². The fourth-order valence-corrected chi connectivity index (χ4v) is 2.55. The van der Waals surface area contributed by atoms with Crippen molar-refractivity contribution in [1.29, 1.82) is 0 Å². The Morgan fingerprint density at radius 2 is 2.15 bits per heavy atom. The lowest BCUT2D eigenvalue weighted by molar-refractivity contribution is 0.101. The van der Waals surface area contributed by atoms with Crippen LogP contribution in [0.4, 0.5) is 11.4 Å². The van der Waals surface area contributed by atoms with Gasteiger partial charge in [-0.15, -0.1) is 0 Å². The molecule has 0 aromatic heterocycles. The molecule has 0 bridgehead atoms. The van der Waals surface area contributed by atoms with E-state index in [0.29, 0.717) is 17.3 Å². The van der Waals surface area contributed by atoms with Crippen LogP contribution in [0.5, 0.6) is 0 Å². The summed E-state index contributed by atoms with van der Waals surface area (Å²) in [7, 11) is 4.31. The van der Waals surface area contributed by atoms with Crippen molar-refractivity contribution in [2.75, 3.05) is 51.3 Å². The number of hydrogen-bond acceptors (Lipinski definition) is 5. The number of piperazine rings is 1. The number of likely N-dealkylation sites (N-methyl/N-ethyl adjacent to an activating group) is 2. The Kier molecular flexibility index (Phi) is 4.62. The van der Waals surface area contributed by atoms with E-state index in [1.54, 1.807) is 6.07 Å². The number of nitrogens with one attached hydrogen (secondary N) is 1. The molecule has 1 fully saturated rings. The van der Waals surface area contributed by atoms with Crippen molar-refractivity contribution >= 4 is 17.2 Å². The van der Waals surface area contributed by atoms with Gasteiger partial charge in [0.1, 0.15) is 0 Å². The lowest BCUT2D eigenvalue weighted by atomic mass is 10.1. The van der Waals surface area contributed by atoms with Gasteiger partial charge in [0, 0.05) is 49.2 Å². The summed E-state index contributed by atoms with van der Waals surface area (Å²) in [6.45, 7) is 5.68. The second-order valence-corrected chi connectivity index (χ2v) is 5.64. The molecule has 1 heterocycles. The molecule has 1 aliphatic heterocycles. The van der Waals surface area contributed by atoms with Crippen LogP contribution in [0, 0.1) is 0 Å². The van der Waals surface area contributed by atoms with Gasteiger partial charge in [-0.3, -0.25) is 9.69 Å². The van der Waals surface area contributed by atoms with Crippen LogP contribution in [0.1, 0.15) is 17.3 Å². The number of nitrogens with two attached hydrogens (primary N) is 1. The number of nitrogens with zero attached hydrogens (tertiary/aromatic N) is 2. The Bertz CT molecular complexity index is 489. The lowest BCUT2D eigenvalue weighted by Crippen LogP contribution is -2.52. The molecule has 5 nitrogen and oxygen atoms in total. The van der Waals surface area contributed by atoms with Gasteiger partial charge in [-0.1, -0.05) is 0 Å². The molecule has 1 saturated heterocycles. The van der Waals surface area contributed by atoms with Crippen LogP contribution in [0.15, 0.2) is 18.2 Å². The van der Waals surface area contributed by atoms with Crippen LogP contribution < -0.4 is 11.1 Å². The first-order valence-corrected chi connectivity index (χ1v) is 7.00. The van der Waals surface area contributed by atoms with Gasteiger partial charge in [0.15, 0.2) is 5.78 Å². The first kappa shape index (κ1) is 14.8. The molecule has 1 atom stereocenters. The molecule has 0 aliphatic carbocycles. The highest BCUT2D eigenvalue weighted by Gasteiger charge is 2.21. The van der Waals surface area contributed by atoms with Gasteiger partial charge in [-0.25, -0.2) is 0 Å². The number of carbonyl (C=O) groups excluding carboxylic acids is 1. The molecule has 110 valence electrons. The fourth-order valence-electron chi connectivity index (χ4n) is 2.55. The van der Waals surface area contributed by atoms with Gasteiger partial charge in [0.05, 0.1) is 0 Å². The van der Waals surface area contributed by atoms with Crippen LogP contribution in [-0.4, -0.2) is 61.9 Å². The highest BCUT2D eigenvalue weighted by atomic mass is 16.1. The summed E-state index contributed by atoms with van der Waals surface area (Å²) in [5.41, 5.74) is 7.99. The van der Waals surface area contributed by atoms with E-state index in [0.717, 1.165) is 31.9 Å². The number of rotatable bonds is 4. The van der Waals surface area contributed by atoms with Crippen molar-refractivity contribution in [3.8, 4) is 0 Å². The number of anilines is 2. The fraction of sp³-hybridized carbons (Fsp3) is 0.533. The number of benzene rings is 1. The smallest absolute Gasteiger partial charge is 0.161 e. The van der Waals surface area contributed by atoms with E-state index in [-0.39, 0.29) is 5.78 Å². The van der Waals surface area contributed by atoms with E-state index in [2.05, 4.69) is 29.2 Å². The number of hydrogen-bond donors (Lipinski definition) is 2. The molecule has 1 aromatic rings.